The van der Waals surface area contributed by atoms with Crippen LogP contribution in [0.25, 0.3) is 0 Å². The smallest absolute Gasteiger partial charge is 0.0219 e. The summed E-state index contributed by atoms with van der Waals surface area (Å²) in [5.74, 6) is 0. The first-order valence-corrected chi connectivity index (χ1v) is 6.86. The second kappa shape index (κ2) is 4.80. The Balaban J connectivity index is 2.03. The van der Waals surface area contributed by atoms with E-state index in [0.717, 1.165) is 12.6 Å². The van der Waals surface area contributed by atoms with E-state index in [2.05, 4.69) is 50.4 Å². The van der Waals surface area contributed by atoms with E-state index in [1.54, 1.807) is 0 Å². The number of thioether (sulfide) groups is 1. The summed E-state index contributed by atoms with van der Waals surface area (Å²) in [6.07, 6.45) is 2.71. The molecule has 0 aliphatic heterocycles. The molecule has 2 rings (SSSR count). The first-order valence-electron chi connectivity index (χ1n) is 6.05. The van der Waals surface area contributed by atoms with Crippen LogP contribution in [0.5, 0.6) is 0 Å². The van der Waals surface area contributed by atoms with E-state index in [0.29, 0.717) is 0 Å². The molecule has 0 aromatic heterocycles. The van der Waals surface area contributed by atoms with Crippen molar-refractivity contribution in [2.24, 2.45) is 0 Å². The van der Waals surface area contributed by atoms with Gasteiger partial charge in [0.25, 0.3) is 0 Å². The average Bonchev–Trinajstić information content (AvgIpc) is 2.98. The fraction of sp³-hybridized carbons (Fsp3) is 0.571. The first-order chi connectivity index (χ1) is 7.54. The average molecular weight is 235 g/mol. The molecule has 0 unspecified atom stereocenters. The summed E-state index contributed by atoms with van der Waals surface area (Å²) in [6, 6.07) is 9.53. The fourth-order valence-electron chi connectivity index (χ4n) is 1.62. The van der Waals surface area contributed by atoms with Gasteiger partial charge >= 0.3 is 0 Å². The van der Waals surface area contributed by atoms with Crippen molar-refractivity contribution in [3.8, 4) is 0 Å². The van der Waals surface area contributed by atoms with Gasteiger partial charge in [-0.1, -0.05) is 39.0 Å². The molecule has 1 fully saturated rings. The largest absolute Gasteiger partial charge is 0.310 e. The molecule has 1 aliphatic rings. The molecule has 88 valence electrons. The molecular formula is C14H21NS. The summed E-state index contributed by atoms with van der Waals surface area (Å²) in [4.78, 5) is 1.42. The lowest BCUT2D eigenvalue weighted by atomic mass is 10.2. The van der Waals surface area contributed by atoms with Crippen molar-refractivity contribution in [3.63, 3.8) is 0 Å². The van der Waals surface area contributed by atoms with E-state index >= 15 is 0 Å². The molecule has 1 aromatic carbocycles. The van der Waals surface area contributed by atoms with Gasteiger partial charge in [-0.2, -0.15) is 0 Å². The summed E-state index contributed by atoms with van der Waals surface area (Å²) in [5, 5.41) is 3.59. The molecule has 16 heavy (non-hydrogen) atoms. The Morgan fingerprint density at radius 2 is 1.94 bits per heavy atom. The zero-order valence-corrected chi connectivity index (χ0v) is 11.2. The van der Waals surface area contributed by atoms with E-state index in [1.165, 1.54) is 23.3 Å². The van der Waals surface area contributed by atoms with Crippen LogP contribution < -0.4 is 5.32 Å². The minimum absolute atomic E-state index is 0.287. The number of hydrogen-bond donors (Lipinski definition) is 1. The van der Waals surface area contributed by atoms with Gasteiger partial charge in [-0.15, -0.1) is 11.8 Å². The lowest BCUT2D eigenvalue weighted by molar-refractivity contribution is 0.679. The fourth-order valence-corrected chi connectivity index (χ4v) is 2.70. The third-order valence-electron chi connectivity index (χ3n) is 2.55. The Labute approximate surface area is 103 Å². The molecule has 0 atom stereocenters. The van der Waals surface area contributed by atoms with Crippen LogP contribution in [0.2, 0.25) is 0 Å². The summed E-state index contributed by atoms with van der Waals surface area (Å²) in [5.41, 5.74) is 1.44. The minimum Gasteiger partial charge on any atom is -0.310 e. The molecule has 0 spiro atoms. The third kappa shape index (κ3) is 3.84. The van der Waals surface area contributed by atoms with Crippen molar-refractivity contribution < 1.29 is 0 Å². The highest BCUT2D eigenvalue weighted by Crippen LogP contribution is 2.34. The van der Waals surface area contributed by atoms with Crippen LogP contribution in [0, 0.1) is 0 Å². The van der Waals surface area contributed by atoms with Gasteiger partial charge in [-0.3, -0.25) is 0 Å². The second-order valence-corrected chi connectivity index (χ2v) is 7.35. The lowest BCUT2D eigenvalue weighted by Crippen LogP contribution is -2.16. The topological polar surface area (TPSA) is 12.0 Å². The molecule has 0 saturated heterocycles. The van der Waals surface area contributed by atoms with Gasteiger partial charge in [-0.05, 0) is 24.5 Å². The van der Waals surface area contributed by atoms with Crippen molar-refractivity contribution in [1.82, 2.24) is 5.32 Å². The highest BCUT2D eigenvalue weighted by molar-refractivity contribution is 8.00. The van der Waals surface area contributed by atoms with E-state index in [4.69, 9.17) is 0 Å². The number of benzene rings is 1. The number of rotatable bonds is 4. The van der Waals surface area contributed by atoms with Crippen LogP contribution in [0.1, 0.15) is 39.2 Å². The molecule has 0 amide bonds. The van der Waals surface area contributed by atoms with Crippen LogP contribution in [0.4, 0.5) is 0 Å². The Morgan fingerprint density at radius 3 is 2.56 bits per heavy atom. The Kier molecular flexibility index (Phi) is 3.60. The lowest BCUT2D eigenvalue weighted by Gasteiger charge is -2.20. The van der Waals surface area contributed by atoms with Crippen LogP contribution >= 0.6 is 11.8 Å². The molecule has 1 aromatic rings. The zero-order chi connectivity index (χ0) is 11.6. The normalized spacial score (nSPS) is 16.4. The van der Waals surface area contributed by atoms with E-state index in [-0.39, 0.29) is 4.75 Å². The summed E-state index contributed by atoms with van der Waals surface area (Å²) in [6.45, 7) is 7.82. The van der Waals surface area contributed by atoms with Crippen molar-refractivity contribution in [1.29, 1.82) is 0 Å². The van der Waals surface area contributed by atoms with Crippen molar-refractivity contribution in [2.75, 3.05) is 0 Å². The quantitative estimate of drug-likeness (QED) is 0.796. The predicted octanol–water partition coefficient (Wildman–Crippen LogP) is 3.83. The molecule has 1 nitrogen and oxygen atoms in total. The third-order valence-corrected chi connectivity index (χ3v) is 3.78. The molecule has 0 heterocycles. The molecular weight excluding hydrogens is 214 g/mol. The maximum Gasteiger partial charge on any atom is 0.0219 e. The molecule has 0 radical (unpaired) electrons. The maximum atomic E-state index is 3.59. The number of nitrogens with one attached hydrogen (secondary N) is 1. The van der Waals surface area contributed by atoms with Crippen molar-refractivity contribution in [2.45, 2.75) is 55.8 Å². The number of hydrogen-bond acceptors (Lipinski definition) is 2. The Hall–Kier alpha value is -0.470. The van der Waals surface area contributed by atoms with Crippen LogP contribution in [-0.4, -0.2) is 10.8 Å². The zero-order valence-electron chi connectivity index (χ0n) is 10.4. The highest BCUT2D eigenvalue weighted by atomic mass is 32.2. The van der Waals surface area contributed by atoms with Crippen molar-refractivity contribution >= 4 is 11.8 Å². The van der Waals surface area contributed by atoms with Gasteiger partial charge in [0.2, 0.25) is 0 Å². The maximum absolute atomic E-state index is 3.59. The highest BCUT2D eigenvalue weighted by Gasteiger charge is 2.21. The molecule has 1 aliphatic carbocycles. The van der Waals surface area contributed by atoms with Crippen molar-refractivity contribution in [3.05, 3.63) is 29.8 Å². The monoisotopic (exact) mass is 235 g/mol. The summed E-state index contributed by atoms with van der Waals surface area (Å²) < 4.78 is 0.287. The van der Waals surface area contributed by atoms with Gasteiger partial charge in [-0.25, -0.2) is 0 Å². The molecule has 1 saturated carbocycles. The molecule has 2 heteroatoms. The first kappa shape index (κ1) is 12.0. The SMILES string of the molecule is CC(C)(C)Sc1ccccc1CNC1CC1. The molecule has 1 N–H and O–H groups in total. The van der Waals surface area contributed by atoms with Gasteiger partial charge in [0.1, 0.15) is 0 Å². The van der Waals surface area contributed by atoms with Crippen LogP contribution in [0.15, 0.2) is 29.2 Å². The van der Waals surface area contributed by atoms with Crippen LogP contribution in [-0.2, 0) is 6.54 Å². The summed E-state index contributed by atoms with van der Waals surface area (Å²) in [7, 11) is 0. The van der Waals surface area contributed by atoms with Gasteiger partial charge < -0.3 is 5.32 Å². The van der Waals surface area contributed by atoms with E-state index in [1.807, 2.05) is 11.8 Å². The molecule has 0 bridgehead atoms. The van der Waals surface area contributed by atoms with E-state index in [9.17, 15) is 0 Å². The Bertz CT molecular complexity index is 350. The summed E-state index contributed by atoms with van der Waals surface area (Å²) >= 11 is 1.96. The van der Waals surface area contributed by atoms with E-state index < -0.39 is 0 Å². The van der Waals surface area contributed by atoms with Crippen LogP contribution in [0.3, 0.4) is 0 Å². The minimum atomic E-state index is 0.287. The van der Waals surface area contributed by atoms with Gasteiger partial charge in [0.05, 0.1) is 0 Å². The predicted molar refractivity (Wildman–Crippen MR) is 71.9 cm³/mol. The van der Waals surface area contributed by atoms with Gasteiger partial charge in [0, 0.05) is 22.2 Å². The second-order valence-electron chi connectivity index (χ2n) is 5.48. The van der Waals surface area contributed by atoms with Gasteiger partial charge in [0.15, 0.2) is 0 Å². The Morgan fingerprint density at radius 1 is 1.25 bits per heavy atom. The standard InChI is InChI=1S/C14H21NS/c1-14(2,3)16-13-7-5-4-6-11(13)10-15-12-8-9-12/h4-7,12,15H,8-10H2,1-3H3.